The normalized spacial score (nSPS) is 13.8. The van der Waals surface area contributed by atoms with Crippen LogP contribution in [0.1, 0.15) is 200 Å². The van der Waals surface area contributed by atoms with Crippen LogP contribution in [-0.2, 0) is 27.9 Å². The van der Waals surface area contributed by atoms with Crippen molar-refractivity contribution in [3.05, 3.63) is 0 Å². The third-order valence-corrected chi connectivity index (χ3v) is 10.4. The van der Waals surface area contributed by atoms with E-state index in [0.29, 0.717) is 24.1 Å². The number of quaternary nitrogens is 1. The Balaban J connectivity index is 4.00. The summed E-state index contributed by atoms with van der Waals surface area (Å²) in [5.74, 6) is -0.337. The van der Waals surface area contributed by atoms with Crippen molar-refractivity contribution in [2.75, 3.05) is 54.1 Å². The van der Waals surface area contributed by atoms with Crippen LogP contribution >= 0.6 is 7.82 Å². The van der Waals surface area contributed by atoms with Crippen LogP contribution in [-0.4, -0.2) is 70.7 Å². The molecule has 2 atom stereocenters. The van der Waals surface area contributed by atoms with Gasteiger partial charge in [-0.25, -0.2) is 0 Å². The maximum atomic E-state index is 12.5. The summed E-state index contributed by atoms with van der Waals surface area (Å²) >= 11 is 0. The zero-order valence-corrected chi connectivity index (χ0v) is 34.8. The molecular weight excluding hydrogens is 649 g/mol. The first-order valence-corrected chi connectivity index (χ1v) is 22.7. The van der Waals surface area contributed by atoms with Crippen molar-refractivity contribution in [1.29, 1.82) is 0 Å². The molecule has 50 heavy (non-hydrogen) atoms. The van der Waals surface area contributed by atoms with E-state index in [4.69, 9.17) is 18.5 Å². The molecule has 9 heteroatoms. The summed E-state index contributed by atoms with van der Waals surface area (Å²) in [5.41, 5.74) is 0. The number of rotatable bonds is 40. The van der Waals surface area contributed by atoms with Crippen LogP contribution < -0.4 is 4.89 Å². The number of phosphoric acid groups is 1. The fourth-order valence-corrected chi connectivity index (χ4v) is 6.81. The van der Waals surface area contributed by atoms with Crippen molar-refractivity contribution in [1.82, 2.24) is 0 Å². The molecule has 0 aromatic carbocycles. The Morgan fingerprint density at radius 1 is 0.540 bits per heavy atom. The van der Waals surface area contributed by atoms with Crippen molar-refractivity contribution in [3.63, 3.8) is 0 Å². The molecule has 0 heterocycles. The SMILES string of the molecule is CCCCCCCCCCCCCCCCCCCCCCCOCC(COP(=O)([O-])OCC[N+](C)(C)C)OC(=O)CCCCCCCCC. The summed E-state index contributed by atoms with van der Waals surface area (Å²) in [5, 5.41) is 0. The molecule has 0 aliphatic rings. The highest BCUT2D eigenvalue weighted by atomic mass is 31.2. The second-order valence-electron chi connectivity index (χ2n) is 15.7. The lowest BCUT2D eigenvalue weighted by molar-refractivity contribution is -0.870. The molecule has 0 aromatic heterocycles. The highest BCUT2D eigenvalue weighted by Gasteiger charge is 2.20. The lowest BCUT2D eigenvalue weighted by atomic mass is 10.0. The predicted molar refractivity (Wildman–Crippen MR) is 208 cm³/mol. The second kappa shape index (κ2) is 35.5. The average molecular weight is 734 g/mol. The molecule has 0 spiro atoms. The van der Waals surface area contributed by atoms with Gasteiger partial charge in [-0.15, -0.1) is 0 Å². The zero-order chi connectivity index (χ0) is 37.0. The number of ether oxygens (including phenoxy) is 2. The van der Waals surface area contributed by atoms with Crippen LogP contribution in [0.3, 0.4) is 0 Å². The average Bonchev–Trinajstić information content (AvgIpc) is 3.06. The van der Waals surface area contributed by atoms with Crippen molar-refractivity contribution in [2.45, 2.75) is 206 Å². The summed E-state index contributed by atoms with van der Waals surface area (Å²) in [6.45, 7) is 5.41. The monoisotopic (exact) mass is 734 g/mol. The summed E-state index contributed by atoms with van der Waals surface area (Å²) in [6.07, 6.45) is 35.7. The van der Waals surface area contributed by atoms with Gasteiger partial charge in [-0.05, 0) is 12.8 Å². The molecule has 0 saturated carbocycles. The number of hydrogen-bond donors (Lipinski definition) is 0. The van der Waals surface area contributed by atoms with E-state index in [9.17, 15) is 14.3 Å². The van der Waals surface area contributed by atoms with Gasteiger partial charge in [-0.1, -0.05) is 181 Å². The van der Waals surface area contributed by atoms with Gasteiger partial charge in [0.25, 0.3) is 7.82 Å². The second-order valence-corrected chi connectivity index (χ2v) is 17.1. The number of carbonyl (C=O) groups is 1. The third-order valence-electron chi connectivity index (χ3n) is 9.41. The molecule has 0 rings (SSSR count). The van der Waals surface area contributed by atoms with E-state index < -0.39 is 13.9 Å². The van der Waals surface area contributed by atoms with E-state index >= 15 is 0 Å². The van der Waals surface area contributed by atoms with Gasteiger partial charge in [-0.3, -0.25) is 9.36 Å². The summed E-state index contributed by atoms with van der Waals surface area (Å²) in [7, 11) is 1.37. The van der Waals surface area contributed by atoms with Gasteiger partial charge in [-0.2, -0.15) is 0 Å². The summed E-state index contributed by atoms with van der Waals surface area (Å²) in [4.78, 5) is 24.8. The van der Waals surface area contributed by atoms with E-state index in [2.05, 4.69) is 13.8 Å². The predicted octanol–water partition coefficient (Wildman–Crippen LogP) is 11.5. The first-order valence-electron chi connectivity index (χ1n) is 21.3. The van der Waals surface area contributed by atoms with Crippen molar-refractivity contribution in [2.24, 2.45) is 0 Å². The Hall–Kier alpha value is -0.500. The van der Waals surface area contributed by atoms with Crippen LogP contribution in [0.4, 0.5) is 0 Å². The molecule has 0 aliphatic heterocycles. The molecule has 0 saturated heterocycles. The van der Waals surface area contributed by atoms with Gasteiger partial charge in [0, 0.05) is 13.0 Å². The minimum atomic E-state index is -4.51. The van der Waals surface area contributed by atoms with Crippen molar-refractivity contribution < 1.29 is 37.3 Å². The lowest BCUT2D eigenvalue weighted by Crippen LogP contribution is -2.37. The molecule has 0 bridgehead atoms. The molecule has 300 valence electrons. The van der Waals surface area contributed by atoms with Gasteiger partial charge >= 0.3 is 5.97 Å². The highest BCUT2D eigenvalue weighted by Crippen LogP contribution is 2.38. The van der Waals surface area contributed by atoms with E-state index in [1.165, 1.54) is 148 Å². The van der Waals surface area contributed by atoms with E-state index in [-0.39, 0.29) is 25.8 Å². The number of carbonyl (C=O) groups excluding carboxylic acids is 1. The minimum Gasteiger partial charge on any atom is -0.756 e. The topological polar surface area (TPSA) is 94.1 Å². The van der Waals surface area contributed by atoms with Gasteiger partial charge in [0.05, 0.1) is 34.4 Å². The number of phosphoric ester groups is 1. The molecule has 0 amide bonds. The molecule has 0 aliphatic carbocycles. The van der Waals surface area contributed by atoms with E-state index in [1.807, 2.05) is 21.1 Å². The summed E-state index contributed by atoms with van der Waals surface area (Å²) < 4.78 is 34.4. The molecule has 0 radical (unpaired) electrons. The molecule has 0 aromatic rings. The van der Waals surface area contributed by atoms with Gasteiger partial charge in [0.2, 0.25) is 0 Å². The molecular formula is C41H84NO7P. The highest BCUT2D eigenvalue weighted by molar-refractivity contribution is 7.45. The third kappa shape index (κ3) is 38.7. The van der Waals surface area contributed by atoms with Crippen molar-refractivity contribution in [3.8, 4) is 0 Å². The summed E-state index contributed by atoms with van der Waals surface area (Å²) in [6, 6.07) is 0. The Labute approximate surface area is 310 Å². The fraction of sp³-hybridized carbons (Fsp3) is 0.976. The van der Waals surface area contributed by atoms with Gasteiger partial charge in [0.1, 0.15) is 19.3 Å². The van der Waals surface area contributed by atoms with E-state index in [1.54, 1.807) is 0 Å². The smallest absolute Gasteiger partial charge is 0.306 e. The minimum absolute atomic E-state index is 0.0307. The molecule has 0 N–H and O–H groups in total. The van der Waals surface area contributed by atoms with Crippen molar-refractivity contribution >= 4 is 13.8 Å². The zero-order valence-electron chi connectivity index (χ0n) is 33.9. The Bertz CT molecular complexity index is 777. The van der Waals surface area contributed by atoms with Crippen LogP contribution in [0.15, 0.2) is 0 Å². The number of esters is 1. The number of hydrogen-bond acceptors (Lipinski definition) is 7. The fourth-order valence-electron chi connectivity index (χ4n) is 6.08. The number of unbranched alkanes of at least 4 members (excludes halogenated alkanes) is 26. The van der Waals surface area contributed by atoms with Crippen LogP contribution in [0.2, 0.25) is 0 Å². The maximum Gasteiger partial charge on any atom is 0.306 e. The first kappa shape index (κ1) is 49.5. The Morgan fingerprint density at radius 3 is 1.32 bits per heavy atom. The van der Waals surface area contributed by atoms with Crippen LogP contribution in [0.25, 0.3) is 0 Å². The van der Waals surface area contributed by atoms with Crippen LogP contribution in [0, 0.1) is 0 Å². The lowest BCUT2D eigenvalue weighted by Gasteiger charge is -2.28. The Kier molecular flexibility index (Phi) is 35.2. The standard InChI is InChI=1S/C41H84NO7P/c1-6-8-10-12-14-15-16-17-18-19-20-21-22-23-24-25-26-27-29-31-33-36-46-38-40(39-48-50(44,45)47-37-35-42(3,4)5)49-41(43)34-32-30-28-13-11-9-7-2/h40H,6-39H2,1-5H3. The van der Waals surface area contributed by atoms with E-state index in [0.717, 1.165) is 32.1 Å². The molecule has 0 fully saturated rings. The van der Waals surface area contributed by atoms with Crippen LogP contribution in [0.5, 0.6) is 0 Å². The molecule has 8 nitrogen and oxygen atoms in total. The largest absolute Gasteiger partial charge is 0.756 e. The number of likely N-dealkylation sites (N-methyl/N-ethyl adjacent to an activating group) is 1. The number of nitrogens with zero attached hydrogens (tertiary/aromatic N) is 1. The molecule has 2 unspecified atom stereocenters. The quantitative estimate of drug-likeness (QED) is 0.0268. The first-order chi connectivity index (χ1) is 24.1. The Morgan fingerprint density at radius 2 is 0.920 bits per heavy atom. The van der Waals surface area contributed by atoms with Gasteiger partial charge in [0.15, 0.2) is 0 Å². The maximum absolute atomic E-state index is 12.5. The van der Waals surface area contributed by atoms with Gasteiger partial charge < -0.3 is 27.9 Å².